The Bertz CT molecular complexity index is 694. The van der Waals surface area contributed by atoms with Crippen LogP contribution in [-0.4, -0.2) is 30.2 Å². The maximum Gasteiger partial charge on any atom is 0.409 e. The first-order valence-corrected chi connectivity index (χ1v) is 11.3. The molecule has 0 amide bonds. The van der Waals surface area contributed by atoms with Gasteiger partial charge in [0.15, 0.2) is 0 Å². The molecule has 0 aliphatic carbocycles. The normalized spacial score (nSPS) is 14.5. The van der Waals surface area contributed by atoms with E-state index in [9.17, 15) is 14.2 Å². The van der Waals surface area contributed by atoms with Crippen molar-refractivity contribution in [2.24, 2.45) is 0 Å². The molecule has 9 heteroatoms. The van der Waals surface area contributed by atoms with Gasteiger partial charge in [-0.15, -0.1) is 0 Å². The predicted octanol–water partition coefficient (Wildman–Crippen LogP) is 4.23. The van der Waals surface area contributed by atoms with Crippen LogP contribution in [0.4, 0.5) is 0 Å². The topological polar surface area (TPSA) is 90.9 Å². The van der Waals surface area contributed by atoms with E-state index in [1.54, 1.807) is 52.0 Å². The summed E-state index contributed by atoms with van der Waals surface area (Å²) >= 11 is 5.97. The molecule has 0 bridgehead atoms. The maximum atomic E-state index is 12.6. The molecule has 1 aromatic rings. The minimum absolute atomic E-state index is 0.148. The van der Waals surface area contributed by atoms with Crippen molar-refractivity contribution < 1.29 is 28.2 Å². The number of para-hydroxylation sites is 1. The highest BCUT2D eigenvalue weighted by Crippen LogP contribution is 2.49. The Morgan fingerprint density at radius 3 is 2.26 bits per heavy atom. The van der Waals surface area contributed by atoms with Crippen LogP contribution in [0.3, 0.4) is 0 Å². The molecule has 0 aliphatic heterocycles. The number of rotatable bonds is 10. The van der Waals surface area contributed by atoms with E-state index >= 15 is 0 Å². The Morgan fingerprint density at radius 1 is 1.07 bits per heavy atom. The van der Waals surface area contributed by atoms with Crippen LogP contribution >= 0.6 is 18.1 Å². The second-order valence-corrected chi connectivity index (χ2v) is 9.29. The molecule has 1 aromatic carbocycles. The number of carbonyl (C=O) groups excluding carboxylic acids is 2. The fourth-order valence-corrected chi connectivity index (χ4v) is 3.84. The standard InChI is InChI=1S/C18H27ClNO6P/c1-12(2)24-17(21)11-10-15-8-6-7-9-16(15)26-27(19,23)20-14(5)18(22)25-13(3)4/h6-9,12-14H,10-11H2,1-5H3,(H,20,23)/t14-,27?/m0/s1. The number of carbonyl (C=O) groups is 2. The third-order valence-corrected chi connectivity index (χ3v) is 4.83. The van der Waals surface area contributed by atoms with Gasteiger partial charge in [0.1, 0.15) is 11.8 Å². The van der Waals surface area contributed by atoms with Crippen LogP contribution in [0.5, 0.6) is 5.75 Å². The summed E-state index contributed by atoms with van der Waals surface area (Å²) in [4.78, 5) is 23.6. The summed E-state index contributed by atoms with van der Waals surface area (Å²) in [5.41, 5.74) is 0.651. The van der Waals surface area contributed by atoms with E-state index in [-0.39, 0.29) is 30.3 Å². The summed E-state index contributed by atoms with van der Waals surface area (Å²) in [7, 11) is 0. The van der Waals surface area contributed by atoms with E-state index in [0.717, 1.165) is 0 Å². The lowest BCUT2D eigenvalue weighted by Crippen LogP contribution is -2.34. The highest BCUT2D eigenvalue weighted by molar-refractivity contribution is 7.84. The molecule has 27 heavy (non-hydrogen) atoms. The van der Waals surface area contributed by atoms with E-state index in [0.29, 0.717) is 12.0 Å². The van der Waals surface area contributed by atoms with Gasteiger partial charge in [0, 0.05) is 17.7 Å². The van der Waals surface area contributed by atoms with Crippen molar-refractivity contribution in [2.45, 2.75) is 65.7 Å². The first-order chi connectivity index (χ1) is 12.5. The molecule has 0 aliphatic rings. The largest absolute Gasteiger partial charge is 0.463 e. The molecule has 152 valence electrons. The van der Waals surface area contributed by atoms with E-state index in [1.165, 1.54) is 6.92 Å². The molecule has 0 spiro atoms. The van der Waals surface area contributed by atoms with Crippen LogP contribution < -0.4 is 9.61 Å². The first-order valence-electron chi connectivity index (χ1n) is 8.75. The summed E-state index contributed by atoms with van der Waals surface area (Å²) < 4.78 is 28.1. The van der Waals surface area contributed by atoms with Crippen molar-refractivity contribution in [3.05, 3.63) is 29.8 Å². The van der Waals surface area contributed by atoms with Gasteiger partial charge in [0.05, 0.1) is 12.2 Å². The molecule has 0 saturated carbocycles. The summed E-state index contributed by atoms with van der Waals surface area (Å²) in [6.45, 7) is 4.59. The smallest absolute Gasteiger partial charge is 0.409 e. The molecule has 1 N–H and O–H groups in total. The summed E-state index contributed by atoms with van der Waals surface area (Å²) in [5.74, 6) is -0.652. The van der Waals surface area contributed by atoms with Gasteiger partial charge in [0.2, 0.25) is 0 Å². The molecular formula is C18H27ClNO6P. The molecule has 0 radical (unpaired) electrons. The van der Waals surface area contributed by atoms with Crippen LogP contribution in [0.25, 0.3) is 0 Å². The first kappa shape index (κ1) is 23.5. The van der Waals surface area contributed by atoms with E-state index in [4.69, 9.17) is 25.2 Å². The Hall–Kier alpha value is -1.56. The van der Waals surface area contributed by atoms with Gasteiger partial charge in [-0.25, -0.2) is 9.65 Å². The molecule has 0 aromatic heterocycles. The number of aryl methyl sites for hydroxylation is 1. The zero-order valence-corrected chi connectivity index (χ0v) is 17.9. The van der Waals surface area contributed by atoms with Gasteiger partial charge in [-0.2, -0.15) is 0 Å². The number of hydrogen-bond donors (Lipinski definition) is 1. The molecule has 1 rings (SSSR count). The monoisotopic (exact) mass is 419 g/mol. The van der Waals surface area contributed by atoms with Crippen molar-refractivity contribution in [2.75, 3.05) is 0 Å². The predicted molar refractivity (Wildman–Crippen MR) is 104 cm³/mol. The Morgan fingerprint density at radius 2 is 1.67 bits per heavy atom. The van der Waals surface area contributed by atoms with Crippen LogP contribution in [0, 0.1) is 0 Å². The average molecular weight is 420 g/mol. The molecule has 0 fully saturated rings. The van der Waals surface area contributed by atoms with Crippen LogP contribution in [-0.2, 0) is 30.0 Å². The lowest BCUT2D eigenvalue weighted by molar-refractivity contribution is -0.149. The van der Waals surface area contributed by atoms with E-state index in [2.05, 4.69) is 5.09 Å². The van der Waals surface area contributed by atoms with E-state index in [1.807, 2.05) is 0 Å². The minimum atomic E-state index is -3.86. The second kappa shape index (κ2) is 10.7. The number of benzene rings is 1. The molecule has 0 saturated heterocycles. The maximum absolute atomic E-state index is 12.6. The van der Waals surface area contributed by atoms with Gasteiger partial charge >= 0.3 is 18.8 Å². The van der Waals surface area contributed by atoms with Gasteiger partial charge in [0.25, 0.3) is 0 Å². The SMILES string of the molecule is CC(C)OC(=O)CCc1ccccc1OP(=O)(Cl)N[C@@H](C)C(=O)OC(C)C. The van der Waals surface area contributed by atoms with Crippen molar-refractivity contribution >= 4 is 30.1 Å². The summed E-state index contributed by atoms with van der Waals surface area (Å²) in [6.07, 6.45) is -0.00812. The molecule has 7 nitrogen and oxygen atoms in total. The van der Waals surface area contributed by atoms with Gasteiger partial charge in [-0.05, 0) is 52.7 Å². The van der Waals surface area contributed by atoms with Crippen molar-refractivity contribution in [3.63, 3.8) is 0 Å². The number of ether oxygens (including phenoxy) is 2. The van der Waals surface area contributed by atoms with Crippen LogP contribution in [0.15, 0.2) is 24.3 Å². The lowest BCUT2D eigenvalue weighted by Gasteiger charge is -2.20. The fraction of sp³-hybridized carbons (Fsp3) is 0.556. The number of halogens is 1. The third-order valence-electron chi connectivity index (χ3n) is 3.21. The fourth-order valence-electron chi connectivity index (χ4n) is 2.13. The average Bonchev–Trinajstić information content (AvgIpc) is 2.51. The highest BCUT2D eigenvalue weighted by atomic mass is 35.7. The summed E-state index contributed by atoms with van der Waals surface area (Å²) in [5, 5.41) is 2.46. The summed E-state index contributed by atoms with van der Waals surface area (Å²) in [6, 6.07) is 5.88. The minimum Gasteiger partial charge on any atom is -0.463 e. The Balaban J connectivity index is 2.75. The zero-order chi connectivity index (χ0) is 20.6. The quantitative estimate of drug-likeness (QED) is 0.448. The molecular weight excluding hydrogens is 393 g/mol. The number of esters is 2. The number of nitrogens with one attached hydrogen (secondary N) is 1. The Labute approximate surface area is 165 Å². The molecule has 0 heterocycles. The van der Waals surface area contributed by atoms with Crippen molar-refractivity contribution in [1.29, 1.82) is 0 Å². The van der Waals surface area contributed by atoms with Crippen molar-refractivity contribution in [1.82, 2.24) is 5.09 Å². The van der Waals surface area contributed by atoms with Gasteiger partial charge in [-0.3, -0.25) is 9.59 Å². The van der Waals surface area contributed by atoms with Crippen LogP contribution in [0.2, 0.25) is 0 Å². The lowest BCUT2D eigenvalue weighted by atomic mass is 10.1. The van der Waals surface area contributed by atoms with Crippen LogP contribution in [0.1, 0.15) is 46.6 Å². The Kier molecular flexibility index (Phi) is 9.30. The highest BCUT2D eigenvalue weighted by Gasteiger charge is 2.29. The zero-order valence-electron chi connectivity index (χ0n) is 16.2. The van der Waals surface area contributed by atoms with Gasteiger partial charge < -0.3 is 14.0 Å². The number of hydrogen-bond acceptors (Lipinski definition) is 6. The van der Waals surface area contributed by atoms with E-state index < -0.39 is 18.9 Å². The van der Waals surface area contributed by atoms with Crippen molar-refractivity contribution in [3.8, 4) is 5.75 Å². The molecule has 2 atom stereocenters. The second-order valence-electron chi connectivity index (χ2n) is 6.55. The van der Waals surface area contributed by atoms with Gasteiger partial charge in [-0.1, -0.05) is 18.2 Å². The third kappa shape index (κ3) is 9.27. The molecule has 1 unspecified atom stereocenters.